The fourth-order valence-corrected chi connectivity index (χ4v) is 2.21. The van der Waals surface area contributed by atoms with E-state index in [1.807, 2.05) is 0 Å². The molecular formula is C11H11F2NO2. The van der Waals surface area contributed by atoms with E-state index in [1.54, 1.807) is 12.1 Å². The molecule has 86 valence electrons. The highest BCUT2D eigenvalue weighted by Gasteiger charge is 2.45. The maximum atomic E-state index is 12.9. The molecule has 0 spiro atoms. The third kappa shape index (κ3) is 1.51. The summed E-state index contributed by atoms with van der Waals surface area (Å²) >= 11 is 0. The van der Waals surface area contributed by atoms with E-state index in [9.17, 15) is 8.78 Å². The molecule has 0 unspecified atom stereocenters. The SMILES string of the molecule is FC1(F)Oc2cccc([C@@H]3CCCN3)c2O1. The van der Waals surface area contributed by atoms with Crippen molar-refractivity contribution in [2.45, 2.75) is 25.2 Å². The Hall–Kier alpha value is -1.36. The number of alkyl halides is 2. The highest BCUT2D eigenvalue weighted by Crippen LogP contribution is 2.46. The lowest BCUT2D eigenvalue weighted by atomic mass is 10.0. The zero-order chi connectivity index (χ0) is 11.2. The fraction of sp³-hybridized carbons (Fsp3) is 0.455. The molecule has 0 amide bonds. The first-order valence-corrected chi connectivity index (χ1v) is 5.28. The van der Waals surface area contributed by atoms with Gasteiger partial charge in [0.05, 0.1) is 0 Å². The molecule has 0 radical (unpaired) electrons. The van der Waals surface area contributed by atoms with Crippen molar-refractivity contribution in [2.75, 3.05) is 6.54 Å². The van der Waals surface area contributed by atoms with E-state index in [0.29, 0.717) is 0 Å². The van der Waals surface area contributed by atoms with Crippen LogP contribution in [0.2, 0.25) is 0 Å². The molecule has 2 aliphatic heterocycles. The van der Waals surface area contributed by atoms with E-state index in [-0.39, 0.29) is 17.5 Å². The monoisotopic (exact) mass is 227 g/mol. The van der Waals surface area contributed by atoms with Crippen LogP contribution in [0, 0.1) is 0 Å². The molecule has 1 atom stereocenters. The van der Waals surface area contributed by atoms with Gasteiger partial charge in [0.25, 0.3) is 0 Å². The highest BCUT2D eigenvalue weighted by molar-refractivity contribution is 5.50. The minimum Gasteiger partial charge on any atom is -0.395 e. The van der Waals surface area contributed by atoms with Crippen LogP contribution in [-0.2, 0) is 0 Å². The predicted octanol–water partition coefficient (Wildman–Crippen LogP) is 2.43. The molecule has 2 aliphatic rings. The summed E-state index contributed by atoms with van der Waals surface area (Å²) in [5, 5.41) is 3.25. The van der Waals surface area contributed by atoms with Gasteiger partial charge >= 0.3 is 6.29 Å². The molecule has 3 nitrogen and oxygen atoms in total. The van der Waals surface area contributed by atoms with Crippen molar-refractivity contribution in [1.82, 2.24) is 5.32 Å². The lowest BCUT2D eigenvalue weighted by Crippen LogP contribution is -2.26. The summed E-state index contributed by atoms with van der Waals surface area (Å²) in [6.07, 6.45) is -1.55. The van der Waals surface area contributed by atoms with E-state index < -0.39 is 6.29 Å². The van der Waals surface area contributed by atoms with Gasteiger partial charge in [-0.15, -0.1) is 8.78 Å². The summed E-state index contributed by atoms with van der Waals surface area (Å²) in [5.41, 5.74) is 0.757. The van der Waals surface area contributed by atoms with Crippen molar-refractivity contribution in [3.8, 4) is 11.5 Å². The van der Waals surface area contributed by atoms with Gasteiger partial charge in [-0.3, -0.25) is 0 Å². The van der Waals surface area contributed by atoms with Gasteiger partial charge < -0.3 is 14.8 Å². The number of fused-ring (bicyclic) bond motifs is 1. The van der Waals surface area contributed by atoms with Crippen molar-refractivity contribution in [2.24, 2.45) is 0 Å². The first kappa shape index (κ1) is 9.84. The van der Waals surface area contributed by atoms with Crippen LogP contribution in [0.5, 0.6) is 11.5 Å². The fourth-order valence-electron chi connectivity index (χ4n) is 2.21. The highest BCUT2D eigenvalue weighted by atomic mass is 19.3. The van der Waals surface area contributed by atoms with Crippen LogP contribution in [-0.4, -0.2) is 12.8 Å². The van der Waals surface area contributed by atoms with Crippen LogP contribution < -0.4 is 14.8 Å². The molecule has 0 aliphatic carbocycles. The van der Waals surface area contributed by atoms with Crippen molar-refractivity contribution in [1.29, 1.82) is 0 Å². The lowest BCUT2D eigenvalue weighted by molar-refractivity contribution is -0.287. The smallest absolute Gasteiger partial charge is 0.395 e. The van der Waals surface area contributed by atoms with Crippen LogP contribution in [0.15, 0.2) is 18.2 Å². The Morgan fingerprint density at radius 1 is 1.31 bits per heavy atom. The lowest BCUT2D eigenvalue weighted by Gasteiger charge is -2.13. The molecular weight excluding hydrogens is 216 g/mol. The molecule has 1 aromatic rings. The molecule has 1 N–H and O–H groups in total. The van der Waals surface area contributed by atoms with E-state index in [4.69, 9.17) is 0 Å². The number of halogens is 2. The summed E-state index contributed by atoms with van der Waals surface area (Å²) in [4.78, 5) is 0. The standard InChI is InChI=1S/C11H11F2NO2/c12-11(13)15-9-5-1-3-7(10(9)16-11)8-4-2-6-14-8/h1,3,5,8,14H,2,4,6H2/t8-/m0/s1. The normalized spacial score (nSPS) is 26.0. The first-order chi connectivity index (χ1) is 7.66. The maximum absolute atomic E-state index is 12.9. The summed E-state index contributed by atoms with van der Waals surface area (Å²) in [5.74, 6) is 0.295. The second-order valence-corrected chi connectivity index (χ2v) is 3.99. The van der Waals surface area contributed by atoms with E-state index in [2.05, 4.69) is 14.8 Å². The average molecular weight is 227 g/mol. The van der Waals surface area contributed by atoms with Gasteiger partial charge in [-0.05, 0) is 25.5 Å². The van der Waals surface area contributed by atoms with Gasteiger partial charge in [0.15, 0.2) is 11.5 Å². The second-order valence-electron chi connectivity index (χ2n) is 3.99. The molecule has 16 heavy (non-hydrogen) atoms. The Balaban J connectivity index is 1.99. The summed E-state index contributed by atoms with van der Waals surface area (Å²) < 4.78 is 34.8. The zero-order valence-corrected chi connectivity index (χ0v) is 8.50. The molecule has 1 aromatic carbocycles. The minimum absolute atomic E-state index is 0.0902. The average Bonchev–Trinajstić information content (AvgIpc) is 2.80. The minimum atomic E-state index is -3.53. The number of hydrogen-bond donors (Lipinski definition) is 1. The number of para-hydroxylation sites is 1. The largest absolute Gasteiger partial charge is 0.586 e. The van der Waals surface area contributed by atoms with Crippen molar-refractivity contribution < 1.29 is 18.3 Å². The van der Waals surface area contributed by atoms with E-state index in [0.717, 1.165) is 24.9 Å². The van der Waals surface area contributed by atoms with Gasteiger partial charge in [-0.1, -0.05) is 12.1 Å². The molecule has 0 bridgehead atoms. The van der Waals surface area contributed by atoms with Crippen LogP contribution in [0.3, 0.4) is 0 Å². The van der Waals surface area contributed by atoms with Gasteiger partial charge in [-0.2, -0.15) is 0 Å². The predicted molar refractivity (Wildman–Crippen MR) is 52.6 cm³/mol. The Kier molecular flexibility index (Phi) is 2.04. The maximum Gasteiger partial charge on any atom is 0.586 e. The van der Waals surface area contributed by atoms with Crippen molar-refractivity contribution in [3.05, 3.63) is 23.8 Å². The third-order valence-electron chi connectivity index (χ3n) is 2.89. The number of rotatable bonds is 1. The molecule has 2 heterocycles. The van der Waals surface area contributed by atoms with Crippen LogP contribution >= 0.6 is 0 Å². The molecule has 0 aromatic heterocycles. The molecule has 0 saturated carbocycles. The van der Waals surface area contributed by atoms with Gasteiger partial charge in [0, 0.05) is 11.6 Å². The van der Waals surface area contributed by atoms with Gasteiger partial charge in [0.2, 0.25) is 0 Å². The Morgan fingerprint density at radius 2 is 2.19 bits per heavy atom. The van der Waals surface area contributed by atoms with Crippen molar-refractivity contribution >= 4 is 0 Å². The number of hydrogen-bond acceptors (Lipinski definition) is 3. The Bertz CT molecular complexity index is 416. The van der Waals surface area contributed by atoms with Crippen molar-refractivity contribution in [3.63, 3.8) is 0 Å². The Morgan fingerprint density at radius 3 is 2.94 bits per heavy atom. The van der Waals surface area contributed by atoms with Crippen LogP contribution in [0.4, 0.5) is 8.78 Å². The summed E-state index contributed by atoms with van der Waals surface area (Å²) in [7, 11) is 0. The van der Waals surface area contributed by atoms with Crippen LogP contribution in [0.1, 0.15) is 24.4 Å². The van der Waals surface area contributed by atoms with E-state index in [1.165, 1.54) is 6.07 Å². The third-order valence-corrected chi connectivity index (χ3v) is 2.89. The topological polar surface area (TPSA) is 30.5 Å². The van der Waals surface area contributed by atoms with E-state index >= 15 is 0 Å². The number of benzene rings is 1. The molecule has 1 fully saturated rings. The Labute approximate surface area is 91.4 Å². The van der Waals surface area contributed by atoms with Gasteiger partial charge in [-0.25, -0.2) is 0 Å². The quantitative estimate of drug-likeness (QED) is 0.799. The second kappa shape index (κ2) is 3.31. The zero-order valence-electron chi connectivity index (χ0n) is 8.50. The number of nitrogens with one attached hydrogen (secondary N) is 1. The molecule has 1 saturated heterocycles. The molecule has 5 heteroatoms. The summed E-state index contributed by atoms with van der Waals surface area (Å²) in [6.45, 7) is 0.908. The van der Waals surface area contributed by atoms with Crippen LogP contribution in [0.25, 0.3) is 0 Å². The molecule has 3 rings (SSSR count). The summed E-state index contributed by atoms with van der Waals surface area (Å²) in [6, 6.07) is 5.09. The van der Waals surface area contributed by atoms with Gasteiger partial charge in [0.1, 0.15) is 0 Å². The number of ether oxygens (including phenoxy) is 2. The first-order valence-electron chi connectivity index (χ1n) is 5.28.